The van der Waals surface area contributed by atoms with E-state index >= 15 is 0 Å². The molecule has 2 aromatic carbocycles. The molecule has 0 aliphatic heterocycles. The molecular formula is C20H24N2O2. The monoisotopic (exact) mass is 324 g/mol. The lowest BCUT2D eigenvalue weighted by atomic mass is 9.93. The summed E-state index contributed by atoms with van der Waals surface area (Å²) >= 11 is 0. The average Bonchev–Trinajstić information content (AvgIpc) is 3.04. The van der Waals surface area contributed by atoms with Crippen LogP contribution in [0, 0.1) is 0 Å². The SMILES string of the molecule is C/C(=N\Oc1ccccc1)c1ccc([C@@H]2CC[C@](N)(CO)C2)cc1. The molecule has 0 spiro atoms. The van der Waals surface area contributed by atoms with E-state index in [9.17, 15) is 5.11 Å². The van der Waals surface area contributed by atoms with Gasteiger partial charge in [-0.15, -0.1) is 0 Å². The first-order chi connectivity index (χ1) is 11.6. The van der Waals surface area contributed by atoms with Gasteiger partial charge in [0.05, 0.1) is 12.3 Å². The summed E-state index contributed by atoms with van der Waals surface area (Å²) in [7, 11) is 0. The molecule has 0 saturated heterocycles. The third-order valence-electron chi connectivity index (χ3n) is 4.79. The molecule has 1 aliphatic carbocycles. The van der Waals surface area contributed by atoms with E-state index in [2.05, 4.69) is 29.4 Å². The predicted molar refractivity (Wildman–Crippen MR) is 96.3 cm³/mol. The van der Waals surface area contributed by atoms with E-state index in [0.29, 0.717) is 5.92 Å². The summed E-state index contributed by atoms with van der Waals surface area (Å²) < 4.78 is 0. The molecule has 3 N–H and O–H groups in total. The Bertz CT molecular complexity index is 697. The molecule has 0 unspecified atom stereocenters. The zero-order valence-electron chi connectivity index (χ0n) is 14.0. The van der Waals surface area contributed by atoms with Crippen molar-refractivity contribution in [3.05, 3.63) is 65.7 Å². The van der Waals surface area contributed by atoms with Crippen LogP contribution < -0.4 is 10.6 Å². The lowest BCUT2D eigenvalue weighted by Gasteiger charge is -2.20. The van der Waals surface area contributed by atoms with Gasteiger partial charge < -0.3 is 15.7 Å². The molecule has 0 bridgehead atoms. The van der Waals surface area contributed by atoms with E-state index in [-0.39, 0.29) is 6.61 Å². The Hall–Kier alpha value is -2.17. The van der Waals surface area contributed by atoms with Gasteiger partial charge in [-0.2, -0.15) is 0 Å². The van der Waals surface area contributed by atoms with Crippen LogP contribution >= 0.6 is 0 Å². The Morgan fingerprint density at radius 3 is 2.54 bits per heavy atom. The summed E-state index contributed by atoms with van der Waals surface area (Å²) in [5.41, 5.74) is 8.90. The minimum absolute atomic E-state index is 0.0597. The standard InChI is InChI=1S/C20H24N2O2/c1-15(22-24-19-5-3-2-4-6-19)16-7-9-17(10-8-16)18-11-12-20(21,13-18)14-23/h2-10,18,23H,11-14,21H2,1H3/b22-15+/t18-,20-/m1/s1. The highest BCUT2D eigenvalue weighted by Crippen LogP contribution is 2.39. The second-order valence-electron chi connectivity index (χ2n) is 6.66. The third-order valence-corrected chi connectivity index (χ3v) is 4.79. The van der Waals surface area contributed by atoms with Crippen LogP contribution in [0.2, 0.25) is 0 Å². The molecule has 1 aliphatic rings. The summed E-state index contributed by atoms with van der Waals surface area (Å²) in [5, 5.41) is 13.6. The number of nitrogens with two attached hydrogens (primary N) is 1. The molecule has 2 aromatic rings. The Labute approximate surface area is 142 Å². The van der Waals surface area contributed by atoms with Crippen molar-refractivity contribution in [2.45, 2.75) is 37.6 Å². The maximum Gasteiger partial charge on any atom is 0.157 e. The second kappa shape index (κ2) is 7.16. The molecule has 1 saturated carbocycles. The zero-order valence-corrected chi connectivity index (χ0v) is 14.0. The van der Waals surface area contributed by atoms with Gasteiger partial charge in [0.15, 0.2) is 5.75 Å². The lowest BCUT2D eigenvalue weighted by molar-refractivity contribution is 0.198. The smallest absolute Gasteiger partial charge is 0.157 e. The molecule has 0 heterocycles. The summed E-state index contributed by atoms with van der Waals surface area (Å²) in [6.45, 7) is 1.99. The van der Waals surface area contributed by atoms with E-state index in [4.69, 9.17) is 10.6 Å². The molecule has 4 nitrogen and oxygen atoms in total. The van der Waals surface area contributed by atoms with Crippen LogP contribution in [0.3, 0.4) is 0 Å². The van der Waals surface area contributed by atoms with E-state index < -0.39 is 5.54 Å². The summed E-state index contributed by atoms with van der Waals surface area (Å²) in [6, 6.07) is 17.9. The minimum atomic E-state index is -0.412. The molecule has 126 valence electrons. The van der Waals surface area contributed by atoms with Crippen LogP contribution in [-0.4, -0.2) is 23.0 Å². The van der Waals surface area contributed by atoms with Gasteiger partial charge in [-0.3, -0.25) is 0 Å². The minimum Gasteiger partial charge on any atom is -0.394 e. The fourth-order valence-electron chi connectivity index (χ4n) is 3.24. The number of benzene rings is 2. The van der Waals surface area contributed by atoms with Crippen molar-refractivity contribution in [3.63, 3.8) is 0 Å². The molecule has 3 rings (SSSR count). The van der Waals surface area contributed by atoms with Crippen molar-refractivity contribution in [1.82, 2.24) is 0 Å². The van der Waals surface area contributed by atoms with Gasteiger partial charge in [0.25, 0.3) is 0 Å². The number of rotatable bonds is 5. The van der Waals surface area contributed by atoms with Crippen LogP contribution in [0.25, 0.3) is 0 Å². The topological polar surface area (TPSA) is 67.8 Å². The number of hydrogen-bond donors (Lipinski definition) is 2. The fourth-order valence-corrected chi connectivity index (χ4v) is 3.24. The molecule has 0 aromatic heterocycles. The molecular weight excluding hydrogens is 300 g/mol. The maximum atomic E-state index is 9.41. The number of oxime groups is 1. The quantitative estimate of drug-likeness (QED) is 0.654. The van der Waals surface area contributed by atoms with Gasteiger partial charge in [-0.1, -0.05) is 47.6 Å². The van der Waals surface area contributed by atoms with Gasteiger partial charge in [0.2, 0.25) is 0 Å². The van der Waals surface area contributed by atoms with E-state index in [1.165, 1.54) is 5.56 Å². The number of aliphatic hydroxyl groups excluding tert-OH is 1. The van der Waals surface area contributed by atoms with Gasteiger partial charge in [0.1, 0.15) is 0 Å². The van der Waals surface area contributed by atoms with Gasteiger partial charge in [0, 0.05) is 5.54 Å². The van der Waals surface area contributed by atoms with Crippen LogP contribution in [0.5, 0.6) is 5.75 Å². The number of hydrogen-bond acceptors (Lipinski definition) is 4. The first kappa shape index (κ1) is 16.7. The van der Waals surface area contributed by atoms with Crippen LogP contribution in [0.4, 0.5) is 0 Å². The first-order valence-electron chi connectivity index (χ1n) is 8.36. The molecule has 4 heteroatoms. The van der Waals surface area contributed by atoms with Crippen LogP contribution in [0.1, 0.15) is 43.2 Å². The fraction of sp³-hybridized carbons (Fsp3) is 0.350. The largest absolute Gasteiger partial charge is 0.394 e. The van der Waals surface area contributed by atoms with E-state index in [1.54, 1.807) is 0 Å². The number of para-hydroxylation sites is 1. The summed E-state index contributed by atoms with van der Waals surface area (Å²) in [4.78, 5) is 5.44. The predicted octanol–water partition coefficient (Wildman–Crippen LogP) is 3.45. The zero-order chi connectivity index (χ0) is 17.0. The van der Waals surface area contributed by atoms with E-state index in [0.717, 1.165) is 36.3 Å². The lowest BCUT2D eigenvalue weighted by Crippen LogP contribution is -2.40. The Morgan fingerprint density at radius 1 is 1.21 bits per heavy atom. The van der Waals surface area contributed by atoms with Crippen molar-refractivity contribution in [3.8, 4) is 5.75 Å². The molecule has 0 amide bonds. The maximum absolute atomic E-state index is 9.41. The van der Waals surface area contributed by atoms with Crippen LogP contribution in [-0.2, 0) is 0 Å². The Morgan fingerprint density at radius 2 is 1.92 bits per heavy atom. The highest BCUT2D eigenvalue weighted by atomic mass is 16.6. The third kappa shape index (κ3) is 3.83. The molecule has 1 fully saturated rings. The van der Waals surface area contributed by atoms with Crippen molar-refractivity contribution < 1.29 is 9.94 Å². The van der Waals surface area contributed by atoms with Gasteiger partial charge >= 0.3 is 0 Å². The summed E-state index contributed by atoms with van der Waals surface area (Å²) in [5.74, 6) is 1.15. The van der Waals surface area contributed by atoms with Crippen LogP contribution in [0.15, 0.2) is 59.8 Å². The average molecular weight is 324 g/mol. The molecule has 24 heavy (non-hydrogen) atoms. The Kier molecular flexibility index (Phi) is 4.97. The summed E-state index contributed by atoms with van der Waals surface area (Å²) in [6.07, 6.45) is 2.74. The number of nitrogens with zero attached hydrogens (tertiary/aromatic N) is 1. The second-order valence-corrected chi connectivity index (χ2v) is 6.66. The van der Waals surface area contributed by atoms with Gasteiger partial charge in [-0.05, 0) is 55.4 Å². The highest BCUT2D eigenvalue weighted by Gasteiger charge is 2.35. The normalized spacial score (nSPS) is 24.1. The van der Waals surface area contributed by atoms with Crippen molar-refractivity contribution >= 4 is 5.71 Å². The van der Waals surface area contributed by atoms with Crippen molar-refractivity contribution in [2.24, 2.45) is 10.9 Å². The van der Waals surface area contributed by atoms with E-state index in [1.807, 2.05) is 37.3 Å². The Balaban J connectivity index is 1.66. The number of aliphatic hydroxyl groups is 1. The van der Waals surface area contributed by atoms with Gasteiger partial charge in [-0.25, -0.2) is 0 Å². The van der Waals surface area contributed by atoms with Crippen molar-refractivity contribution in [2.75, 3.05) is 6.61 Å². The van der Waals surface area contributed by atoms with Crippen molar-refractivity contribution in [1.29, 1.82) is 0 Å². The first-order valence-corrected chi connectivity index (χ1v) is 8.36. The highest BCUT2D eigenvalue weighted by molar-refractivity contribution is 5.98. The molecule has 2 atom stereocenters. The molecule has 0 radical (unpaired) electrons.